The number of fused-ring (bicyclic) bond motifs is 1. The lowest BCUT2D eigenvalue weighted by atomic mass is 10.2. The summed E-state index contributed by atoms with van der Waals surface area (Å²) >= 11 is 0. The van der Waals surface area contributed by atoms with E-state index in [1.807, 2.05) is 55.1 Å². The molecule has 0 aliphatic carbocycles. The Bertz CT molecular complexity index is 1320. The van der Waals surface area contributed by atoms with Crippen molar-refractivity contribution in [3.8, 4) is 17.2 Å². The average Bonchev–Trinajstić information content (AvgIpc) is 3.00. The van der Waals surface area contributed by atoms with E-state index in [9.17, 15) is 4.79 Å². The number of carbonyl (C=O) groups excluding carboxylic acids is 1. The summed E-state index contributed by atoms with van der Waals surface area (Å²) < 4.78 is 17.5. The maximum absolute atomic E-state index is 12.9. The third-order valence-electron chi connectivity index (χ3n) is 7.72. The Balaban J connectivity index is 1.17. The number of benzene rings is 2. The molecule has 0 atom stereocenters. The first-order chi connectivity index (χ1) is 20.4. The highest BCUT2D eigenvalue weighted by atomic mass is 16.5. The number of ether oxygens (including phenoxy) is 3. The first-order valence-corrected chi connectivity index (χ1v) is 14.8. The maximum atomic E-state index is 12.9. The second-order valence-electron chi connectivity index (χ2n) is 11.2. The second-order valence-corrected chi connectivity index (χ2v) is 11.2. The van der Waals surface area contributed by atoms with Crippen molar-refractivity contribution in [3.63, 3.8) is 0 Å². The molecule has 2 fully saturated rings. The molecule has 0 spiro atoms. The fourth-order valence-corrected chi connectivity index (χ4v) is 5.33. The monoisotopic (exact) mass is 577 g/mol. The molecule has 2 saturated heterocycles. The standard InChI is InChI=1S/C31H43N7O4/c1-23(2)42-25-8-6-24(7-9-25)34-31(39)38-17-15-37(16-18-38)30-26-20-28(40-4)29(21-27(26)32-22-33-30)41-19-5-10-36-13-11-35(3)12-14-36/h6-9,20-23H,5,10-19H2,1-4H3,(H,34,39). The molecule has 1 aromatic heterocycles. The van der Waals surface area contributed by atoms with Gasteiger partial charge in [-0.05, 0) is 57.6 Å². The minimum absolute atomic E-state index is 0.104. The molecule has 2 amide bonds. The molecule has 0 saturated carbocycles. The summed E-state index contributed by atoms with van der Waals surface area (Å²) in [6.45, 7) is 12.5. The van der Waals surface area contributed by atoms with Crippen LogP contribution in [0.3, 0.4) is 0 Å². The van der Waals surface area contributed by atoms with Crippen molar-refractivity contribution in [2.75, 3.05) is 89.9 Å². The van der Waals surface area contributed by atoms with E-state index in [1.54, 1.807) is 13.4 Å². The Hall–Kier alpha value is -3.83. The molecule has 5 rings (SSSR count). The van der Waals surface area contributed by atoms with Crippen molar-refractivity contribution >= 4 is 28.4 Å². The van der Waals surface area contributed by atoms with E-state index in [-0.39, 0.29) is 12.1 Å². The van der Waals surface area contributed by atoms with Crippen LogP contribution in [-0.2, 0) is 0 Å². The molecule has 11 heteroatoms. The predicted molar refractivity (Wildman–Crippen MR) is 165 cm³/mol. The molecular formula is C31H43N7O4. The molecule has 2 aromatic carbocycles. The minimum atomic E-state index is -0.115. The Morgan fingerprint density at radius 2 is 1.69 bits per heavy atom. The summed E-state index contributed by atoms with van der Waals surface area (Å²) in [5, 5.41) is 3.89. The van der Waals surface area contributed by atoms with E-state index in [0.29, 0.717) is 44.3 Å². The van der Waals surface area contributed by atoms with E-state index < -0.39 is 0 Å². The number of piperazine rings is 2. The van der Waals surface area contributed by atoms with Crippen LogP contribution in [-0.4, -0.2) is 116 Å². The second kappa shape index (κ2) is 13.9. The van der Waals surface area contributed by atoms with Crippen LogP contribution < -0.4 is 24.4 Å². The fraction of sp³-hybridized carbons (Fsp3) is 0.516. The maximum Gasteiger partial charge on any atom is 0.321 e. The molecule has 0 bridgehead atoms. The first-order valence-electron chi connectivity index (χ1n) is 14.8. The number of nitrogens with one attached hydrogen (secondary N) is 1. The third kappa shape index (κ3) is 7.51. The van der Waals surface area contributed by atoms with Gasteiger partial charge in [-0.3, -0.25) is 0 Å². The molecule has 0 unspecified atom stereocenters. The molecule has 3 aromatic rings. The highest BCUT2D eigenvalue weighted by Crippen LogP contribution is 2.35. The number of likely N-dealkylation sites (N-methyl/N-ethyl adjacent to an activating group) is 1. The van der Waals surface area contributed by atoms with Crippen LogP contribution in [0.1, 0.15) is 20.3 Å². The van der Waals surface area contributed by atoms with Gasteiger partial charge in [0, 0.05) is 76.0 Å². The van der Waals surface area contributed by atoms with Gasteiger partial charge in [-0.2, -0.15) is 0 Å². The zero-order valence-corrected chi connectivity index (χ0v) is 25.2. The van der Waals surface area contributed by atoms with Crippen molar-refractivity contribution in [2.45, 2.75) is 26.4 Å². The topological polar surface area (TPSA) is 95.5 Å². The van der Waals surface area contributed by atoms with Gasteiger partial charge >= 0.3 is 6.03 Å². The van der Waals surface area contributed by atoms with Gasteiger partial charge in [0.25, 0.3) is 0 Å². The van der Waals surface area contributed by atoms with Crippen LogP contribution in [0, 0.1) is 0 Å². The predicted octanol–water partition coefficient (Wildman–Crippen LogP) is 3.80. The molecule has 1 N–H and O–H groups in total. The largest absolute Gasteiger partial charge is 0.493 e. The molecule has 2 aliphatic rings. The number of nitrogens with zero attached hydrogens (tertiary/aromatic N) is 6. The van der Waals surface area contributed by atoms with Gasteiger partial charge in [-0.15, -0.1) is 0 Å². The number of methoxy groups -OCH3 is 1. The Labute approximate surface area is 248 Å². The smallest absolute Gasteiger partial charge is 0.321 e. The molecular weight excluding hydrogens is 534 g/mol. The van der Waals surface area contributed by atoms with Gasteiger partial charge in [-0.25, -0.2) is 14.8 Å². The van der Waals surface area contributed by atoms with Gasteiger partial charge < -0.3 is 39.1 Å². The quantitative estimate of drug-likeness (QED) is 0.361. The third-order valence-corrected chi connectivity index (χ3v) is 7.72. The highest BCUT2D eigenvalue weighted by Gasteiger charge is 2.24. The van der Waals surface area contributed by atoms with E-state index in [1.165, 1.54) is 0 Å². The van der Waals surface area contributed by atoms with Gasteiger partial charge in [0.2, 0.25) is 0 Å². The summed E-state index contributed by atoms with van der Waals surface area (Å²) in [6, 6.07) is 11.2. The van der Waals surface area contributed by atoms with Crippen LogP contribution in [0.2, 0.25) is 0 Å². The molecule has 42 heavy (non-hydrogen) atoms. The molecule has 3 heterocycles. The van der Waals surface area contributed by atoms with E-state index in [2.05, 4.69) is 37.0 Å². The summed E-state index contributed by atoms with van der Waals surface area (Å²) in [7, 11) is 3.83. The fourth-order valence-electron chi connectivity index (χ4n) is 5.33. The first kappa shape index (κ1) is 29.7. The number of rotatable bonds is 10. The Kier molecular flexibility index (Phi) is 9.81. The zero-order valence-electron chi connectivity index (χ0n) is 25.2. The van der Waals surface area contributed by atoms with Crippen molar-refractivity contribution in [1.29, 1.82) is 0 Å². The Morgan fingerprint density at radius 3 is 2.38 bits per heavy atom. The van der Waals surface area contributed by atoms with Gasteiger partial charge in [0.1, 0.15) is 17.9 Å². The lowest BCUT2D eigenvalue weighted by Gasteiger charge is -2.35. The molecule has 2 aliphatic heterocycles. The van der Waals surface area contributed by atoms with Crippen LogP contribution in [0.4, 0.5) is 16.3 Å². The van der Waals surface area contributed by atoms with Gasteiger partial charge in [0.15, 0.2) is 11.5 Å². The highest BCUT2D eigenvalue weighted by molar-refractivity contribution is 5.92. The van der Waals surface area contributed by atoms with Crippen LogP contribution in [0.25, 0.3) is 10.9 Å². The van der Waals surface area contributed by atoms with Crippen LogP contribution in [0.15, 0.2) is 42.7 Å². The SMILES string of the molecule is COc1cc2c(N3CCN(C(=O)Nc4ccc(OC(C)C)cc4)CC3)ncnc2cc1OCCCN1CCN(C)CC1. The lowest BCUT2D eigenvalue weighted by Crippen LogP contribution is -2.50. The van der Waals surface area contributed by atoms with Crippen LogP contribution >= 0.6 is 0 Å². The number of amides is 2. The average molecular weight is 578 g/mol. The number of anilines is 2. The van der Waals surface area contributed by atoms with E-state index in [0.717, 1.165) is 67.3 Å². The summed E-state index contributed by atoms with van der Waals surface area (Å²) in [4.78, 5) is 30.9. The van der Waals surface area contributed by atoms with Gasteiger partial charge in [-0.1, -0.05) is 0 Å². The Morgan fingerprint density at radius 1 is 0.952 bits per heavy atom. The number of aromatic nitrogens is 2. The van der Waals surface area contributed by atoms with Crippen molar-refractivity contribution in [3.05, 3.63) is 42.7 Å². The van der Waals surface area contributed by atoms with Gasteiger partial charge in [0.05, 0.1) is 25.3 Å². The van der Waals surface area contributed by atoms with E-state index in [4.69, 9.17) is 14.2 Å². The number of hydrogen-bond acceptors (Lipinski definition) is 9. The molecule has 0 radical (unpaired) electrons. The van der Waals surface area contributed by atoms with Crippen molar-refractivity contribution < 1.29 is 19.0 Å². The van der Waals surface area contributed by atoms with Crippen molar-refractivity contribution in [2.24, 2.45) is 0 Å². The van der Waals surface area contributed by atoms with Crippen LogP contribution in [0.5, 0.6) is 17.2 Å². The number of carbonyl (C=O) groups is 1. The van der Waals surface area contributed by atoms with E-state index >= 15 is 0 Å². The summed E-state index contributed by atoms with van der Waals surface area (Å²) in [5.74, 6) is 2.98. The van der Waals surface area contributed by atoms with Crippen molar-refractivity contribution in [1.82, 2.24) is 24.7 Å². The molecule has 11 nitrogen and oxygen atoms in total. The molecule has 226 valence electrons. The number of urea groups is 1. The number of hydrogen-bond donors (Lipinski definition) is 1. The lowest BCUT2D eigenvalue weighted by molar-refractivity contribution is 0.145. The zero-order chi connectivity index (χ0) is 29.5. The summed E-state index contributed by atoms with van der Waals surface area (Å²) in [6.07, 6.45) is 2.65. The minimum Gasteiger partial charge on any atom is -0.493 e. The summed E-state index contributed by atoms with van der Waals surface area (Å²) in [5.41, 5.74) is 1.55. The normalized spacial score (nSPS) is 16.6.